The third kappa shape index (κ3) is 2.51. The van der Waals surface area contributed by atoms with Gasteiger partial charge in [-0.25, -0.2) is 0 Å². The van der Waals surface area contributed by atoms with Crippen molar-refractivity contribution in [3.05, 3.63) is 28.2 Å². The number of halogens is 1. The maximum Gasteiger partial charge on any atom is 0.133 e. The van der Waals surface area contributed by atoms with E-state index in [-0.39, 0.29) is 0 Å². The lowest BCUT2D eigenvalue weighted by molar-refractivity contribution is 0.00991. The SMILES string of the molecule is COc1cc(C(C)(CN)OC)ccc1Br. The van der Waals surface area contributed by atoms with Gasteiger partial charge in [0, 0.05) is 13.7 Å². The van der Waals surface area contributed by atoms with Gasteiger partial charge in [-0.3, -0.25) is 0 Å². The molecule has 0 saturated heterocycles. The summed E-state index contributed by atoms with van der Waals surface area (Å²) in [4.78, 5) is 0. The van der Waals surface area contributed by atoms with E-state index in [9.17, 15) is 0 Å². The number of rotatable bonds is 4. The molecule has 0 fully saturated rings. The van der Waals surface area contributed by atoms with Gasteiger partial charge in [-0.2, -0.15) is 0 Å². The molecule has 3 nitrogen and oxygen atoms in total. The Morgan fingerprint density at radius 1 is 1.40 bits per heavy atom. The summed E-state index contributed by atoms with van der Waals surface area (Å²) in [7, 11) is 3.29. The smallest absolute Gasteiger partial charge is 0.133 e. The van der Waals surface area contributed by atoms with Crippen molar-refractivity contribution in [3.8, 4) is 5.75 Å². The van der Waals surface area contributed by atoms with Crippen LogP contribution >= 0.6 is 15.9 Å². The summed E-state index contributed by atoms with van der Waals surface area (Å²) < 4.78 is 11.6. The standard InChI is InChI=1S/C11H16BrNO2/c1-11(7-13,15-3)8-4-5-9(12)10(6-8)14-2/h4-6H,7,13H2,1-3H3. The fourth-order valence-corrected chi connectivity index (χ4v) is 1.72. The molecule has 4 heteroatoms. The average Bonchev–Trinajstić information content (AvgIpc) is 2.28. The fraction of sp³-hybridized carbons (Fsp3) is 0.455. The van der Waals surface area contributed by atoms with E-state index >= 15 is 0 Å². The molecule has 0 aliphatic heterocycles. The molecule has 0 spiro atoms. The molecule has 1 atom stereocenters. The summed E-state index contributed by atoms with van der Waals surface area (Å²) in [6, 6.07) is 5.84. The van der Waals surface area contributed by atoms with E-state index in [1.807, 2.05) is 25.1 Å². The molecule has 1 aromatic carbocycles. The number of hydrogen-bond donors (Lipinski definition) is 1. The third-order valence-electron chi connectivity index (χ3n) is 2.60. The van der Waals surface area contributed by atoms with E-state index in [1.54, 1.807) is 14.2 Å². The first-order valence-corrected chi connectivity index (χ1v) is 5.46. The Bertz CT molecular complexity index is 337. The van der Waals surface area contributed by atoms with Crippen LogP contribution in [0.3, 0.4) is 0 Å². The van der Waals surface area contributed by atoms with Gasteiger partial charge in [-0.15, -0.1) is 0 Å². The molecular formula is C11H16BrNO2. The summed E-state index contributed by atoms with van der Waals surface area (Å²) in [6.07, 6.45) is 0. The van der Waals surface area contributed by atoms with Gasteiger partial charge in [0.05, 0.1) is 11.6 Å². The third-order valence-corrected chi connectivity index (χ3v) is 3.26. The van der Waals surface area contributed by atoms with Crippen molar-refractivity contribution in [3.63, 3.8) is 0 Å². The number of benzene rings is 1. The van der Waals surface area contributed by atoms with Crippen LogP contribution in [-0.4, -0.2) is 20.8 Å². The number of methoxy groups -OCH3 is 2. The minimum Gasteiger partial charge on any atom is -0.496 e. The van der Waals surface area contributed by atoms with Gasteiger partial charge in [-0.1, -0.05) is 6.07 Å². The normalized spacial score (nSPS) is 14.7. The van der Waals surface area contributed by atoms with E-state index in [2.05, 4.69) is 15.9 Å². The van der Waals surface area contributed by atoms with Crippen LogP contribution < -0.4 is 10.5 Å². The van der Waals surface area contributed by atoms with Crippen LogP contribution in [0.5, 0.6) is 5.75 Å². The largest absolute Gasteiger partial charge is 0.496 e. The van der Waals surface area contributed by atoms with Gasteiger partial charge in [0.15, 0.2) is 0 Å². The maximum absolute atomic E-state index is 5.70. The summed E-state index contributed by atoms with van der Waals surface area (Å²) in [5.74, 6) is 0.782. The lowest BCUT2D eigenvalue weighted by Gasteiger charge is -2.27. The highest BCUT2D eigenvalue weighted by Crippen LogP contribution is 2.31. The monoisotopic (exact) mass is 273 g/mol. The first kappa shape index (κ1) is 12.5. The van der Waals surface area contributed by atoms with Crippen LogP contribution in [0, 0.1) is 0 Å². The molecule has 15 heavy (non-hydrogen) atoms. The summed E-state index contributed by atoms with van der Waals surface area (Å²) in [5, 5.41) is 0. The number of ether oxygens (including phenoxy) is 2. The van der Waals surface area contributed by atoms with Gasteiger partial charge in [0.1, 0.15) is 11.4 Å². The van der Waals surface area contributed by atoms with Crippen LogP contribution in [0.2, 0.25) is 0 Å². The Labute approximate surface area is 98.7 Å². The highest BCUT2D eigenvalue weighted by Gasteiger charge is 2.25. The molecule has 0 aliphatic rings. The molecule has 0 saturated carbocycles. The van der Waals surface area contributed by atoms with Crippen LogP contribution in [0.25, 0.3) is 0 Å². The highest BCUT2D eigenvalue weighted by molar-refractivity contribution is 9.10. The lowest BCUT2D eigenvalue weighted by atomic mass is 9.96. The van der Waals surface area contributed by atoms with Crippen LogP contribution in [0.1, 0.15) is 12.5 Å². The summed E-state index contributed by atoms with van der Waals surface area (Å²) >= 11 is 3.40. The first-order chi connectivity index (χ1) is 7.07. The van der Waals surface area contributed by atoms with Crippen molar-refractivity contribution < 1.29 is 9.47 Å². The van der Waals surface area contributed by atoms with Crippen molar-refractivity contribution >= 4 is 15.9 Å². The Hall–Kier alpha value is -0.580. The molecule has 0 radical (unpaired) electrons. The van der Waals surface area contributed by atoms with Crippen LogP contribution in [-0.2, 0) is 10.3 Å². The van der Waals surface area contributed by atoms with Crippen molar-refractivity contribution in [2.24, 2.45) is 5.73 Å². The summed E-state index contributed by atoms with van der Waals surface area (Å²) in [5.41, 5.74) is 6.24. The second-order valence-electron chi connectivity index (χ2n) is 3.49. The molecule has 2 N–H and O–H groups in total. The van der Waals surface area contributed by atoms with Gasteiger partial charge in [0.2, 0.25) is 0 Å². The quantitative estimate of drug-likeness (QED) is 0.916. The van der Waals surface area contributed by atoms with E-state index in [1.165, 1.54) is 0 Å². The predicted octanol–water partition coefficient (Wildman–Crippen LogP) is 2.28. The van der Waals surface area contributed by atoms with Crippen molar-refractivity contribution in [1.82, 2.24) is 0 Å². The molecular weight excluding hydrogens is 258 g/mol. The van der Waals surface area contributed by atoms with Gasteiger partial charge in [0.25, 0.3) is 0 Å². The Morgan fingerprint density at radius 2 is 2.07 bits per heavy atom. The molecule has 0 bridgehead atoms. The number of nitrogens with two attached hydrogens (primary N) is 1. The Morgan fingerprint density at radius 3 is 2.53 bits per heavy atom. The van der Waals surface area contributed by atoms with Gasteiger partial charge in [-0.05, 0) is 40.5 Å². The van der Waals surface area contributed by atoms with Gasteiger partial charge >= 0.3 is 0 Å². The second kappa shape index (κ2) is 4.96. The highest BCUT2D eigenvalue weighted by atomic mass is 79.9. The van der Waals surface area contributed by atoms with Crippen LogP contribution in [0.4, 0.5) is 0 Å². The molecule has 1 rings (SSSR count). The van der Waals surface area contributed by atoms with Crippen molar-refractivity contribution in [2.75, 3.05) is 20.8 Å². The second-order valence-corrected chi connectivity index (χ2v) is 4.34. The number of hydrogen-bond acceptors (Lipinski definition) is 3. The van der Waals surface area contributed by atoms with Crippen molar-refractivity contribution in [1.29, 1.82) is 0 Å². The van der Waals surface area contributed by atoms with E-state index in [0.717, 1.165) is 15.8 Å². The Balaban J connectivity index is 3.15. The molecule has 1 aromatic rings. The van der Waals surface area contributed by atoms with E-state index < -0.39 is 5.60 Å². The van der Waals surface area contributed by atoms with Crippen LogP contribution in [0.15, 0.2) is 22.7 Å². The minimum absolute atomic E-state index is 0.425. The van der Waals surface area contributed by atoms with E-state index in [4.69, 9.17) is 15.2 Å². The lowest BCUT2D eigenvalue weighted by Crippen LogP contribution is -2.33. The van der Waals surface area contributed by atoms with Gasteiger partial charge < -0.3 is 15.2 Å². The fourth-order valence-electron chi connectivity index (χ4n) is 1.31. The molecule has 0 heterocycles. The average molecular weight is 274 g/mol. The predicted molar refractivity (Wildman–Crippen MR) is 64.1 cm³/mol. The summed E-state index contributed by atoms with van der Waals surface area (Å²) in [6.45, 7) is 2.38. The minimum atomic E-state index is -0.464. The zero-order valence-electron chi connectivity index (χ0n) is 9.21. The molecule has 84 valence electrons. The molecule has 1 unspecified atom stereocenters. The Kier molecular flexibility index (Phi) is 4.13. The molecule has 0 amide bonds. The molecule has 0 aliphatic carbocycles. The topological polar surface area (TPSA) is 44.5 Å². The maximum atomic E-state index is 5.70. The molecule has 0 aromatic heterocycles. The zero-order valence-corrected chi connectivity index (χ0v) is 10.8. The first-order valence-electron chi connectivity index (χ1n) is 4.66. The van der Waals surface area contributed by atoms with Crippen molar-refractivity contribution in [2.45, 2.75) is 12.5 Å². The van der Waals surface area contributed by atoms with E-state index in [0.29, 0.717) is 6.54 Å². The zero-order chi connectivity index (χ0) is 11.5.